The molecule has 1 nitrogen and oxygen atoms in total. The molecule has 2 unspecified atom stereocenters. The Hall–Kier alpha value is -0.630. The Balaban J connectivity index is 2.44. The van der Waals surface area contributed by atoms with Crippen molar-refractivity contribution in [2.75, 3.05) is 13.7 Å². The molecule has 0 amide bonds. The topological polar surface area (TPSA) is 9.23 Å². The van der Waals surface area contributed by atoms with Crippen molar-refractivity contribution in [1.82, 2.24) is 0 Å². The van der Waals surface area contributed by atoms with Gasteiger partial charge in [-0.15, -0.1) is 0 Å². The summed E-state index contributed by atoms with van der Waals surface area (Å²) in [5.74, 6) is -0.0880. The third-order valence-corrected chi connectivity index (χ3v) is 1.53. The first kappa shape index (κ1) is 7.48. The largest absolute Gasteiger partial charge is 0.384 e. The van der Waals surface area contributed by atoms with Crippen LogP contribution in [0, 0.1) is 5.92 Å². The minimum Gasteiger partial charge on any atom is -0.384 e. The van der Waals surface area contributed by atoms with Gasteiger partial charge in [-0.2, -0.15) is 0 Å². The normalized spacial score (nSPS) is 31.0. The van der Waals surface area contributed by atoms with Crippen molar-refractivity contribution in [3.05, 3.63) is 24.3 Å². The van der Waals surface area contributed by atoms with Crippen LogP contribution >= 0.6 is 0 Å². The van der Waals surface area contributed by atoms with E-state index in [9.17, 15) is 4.39 Å². The van der Waals surface area contributed by atoms with Crippen molar-refractivity contribution < 1.29 is 9.13 Å². The first-order valence-corrected chi connectivity index (χ1v) is 3.32. The molecule has 0 aromatic rings. The zero-order valence-electron chi connectivity index (χ0n) is 5.96. The number of alkyl halides is 1. The van der Waals surface area contributed by atoms with Crippen LogP contribution in [0.2, 0.25) is 0 Å². The maximum atomic E-state index is 12.8. The molecule has 0 saturated carbocycles. The van der Waals surface area contributed by atoms with E-state index < -0.39 is 6.17 Å². The molecule has 0 saturated heterocycles. The van der Waals surface area contributed by atoms with Gasteiger partial charge in [-0.25, -0.2) is 4.39 Å². The molecule has 2 atom stereocenters. The van der Waals surface area contributed by atoms with Crippen molar-refractivity contribution >= 4 is 0 Å². The number of ether oxygens (including phenoxy) is 1. The molecule has 0 heterocycles. The van der Waals surface area contributed by atoms with Crippen molar-refractivity contribution in [3.8, 4) is 0 Å². The van der Waals surface area contributed by atoms with Crippen LogP contribution in [0.25, 0.3) is 0 Å². The average Bonchev–Trinajstić information content (AvgIpc) is 1.94. The van der Waals surface area contributed by atoms with Crippen LogP contribution in [0.5, 0.6) is 0 Å². The Bertz CT molecular complexity index is 151. The lowest BCUT2D eigenvalue weighted by atomic mass is 10.0. The molecule has 0 aromatic carbocycles. The van der Waals surface area contributed by atoms with Gasteiger partial charge in [0.15, 0.2) is 0 Å². The number of hydrogen-bond acceptors (Lipinski definition) is 1. The van der Waals surface area contributed by atoms with E-state index in [1.807, 2.05) is 12.2 Å². The monoisotopic (exact) mass is 142 g/mol. The molecular weight excluding hydrogens is 131 g/mol. The van der Waals surface area contributed by atoms with Gasteiger partial charge >= 0.3 is 0 Å². The van der Waals surface area contributed by atoms with Gasteiger partial charge in [0.2, 0.25) is 0 Å². The molecule has 1 aliphatic carbocycles. The Labute approximate surface area is 60.2 Å². The molecule has 56 valence electrons. The Morgan fingerprint density at radius 2 is 2.10 bits per heavy atom. The number of methoxy groups -OCH3 is 1. The van der Waals surface area contributed by atoms with Gasteiger partial charge < -0.3 is 4.74 Å². The summed E-state index contributed by atoms with van der Waals surface area (Å²) in [7, 11) is 1.58. The molecule has 0 aromatic heterocycles. The zero-order valence-corrected chi connectivity index (χ0v) is 5.96. The van der Waals surface area contributed by atoms with E-state index in [4.69, 9.17) is 4.74 Å². The molecular formula is C8H11FO. The molecule has 0 spiro atoms. The van der Waals surface area contributed by atoms with Gasteiger partial charge in [0.25, 0.3) is 0 Å². The van der Waals surface area contributed by atoms with E-state index in [1.54, 1.807) is 19.3 Å². The highest BCUT2D eigenvalue weighted by Gasteiger charge is 2.16. The van der Waals surface area contributed by atoms with E-state index in [1.165, 1.54) is 0 Å². The minimum absolute atomic E-state index is 0.0880. The van der Waals surface area contributed by atoms with Gasteiger partial charge in [-0.3, -0.25) is 0 Å². The van der Waals surface area contributed by atoms with Crippen molar-refractivity contribution in [3.63, 3.8) is 0 Å². The second-order valence-electron chi connectivity index (χ2n) is 2.33. The third-order valence-electron chi connectivity index (χ3n) is 1.53. The summed E-state index contributed by atoms with van der Waals surface area (Å²) < 4.78 is 17.6. The average molecular weight is 142 g/mol. The second kappa shape index (κ2) is 3.52. The summed E-state index contributed by atoms with van der Waals surface area (Å²) in [5.41, 5.74) is 0. The summed E-state index contributed by atoms with van der Waals surface area (Å²) in [6, 6.07) is 0. The van der Waals surface area contributed by atoms with Crippen molar-refractivity contribution in [1.29, 1.82) is 0 Å². The molecule has 1 rings (SSSR count). The summed E-state index contributed by atoms with van der Waals surface area (Å²) in [6.45, 7) is 0.460. The van der Waals surface area contributed by atoms with Gasteiger partial charge in [-0.1, -0.05) is 24.3 Å². The Morgan fingerprint density at radius 3 is 2.70 bits per heavy atom. The van der Waals surface area contributed by atoms with Crippen LogP contribution in [0.1, 0.15) is 0 Å². The molecule has 0 radical (unpaired) electrons. The molecule has 0 bridgehead atoms. The lowest BCUT2D eigenvalue weighted by Gasteiger charge is -2.15. The molecule has 1 aliphatic rings. The minimum atomic E-state index is -0.870. The Kier molecular flexibility index (Phi) is 2.63. The fourth-order valence-electron chi connectivity index (χ4n) is 0.966. The summed E-state index contributed by atoms with van der Waals surface area (Å²) in [4.78, 5) is 0. The van der Waals surface area contributed by atoms with E-state index in [0.717, 1.165) is 0 Å². The van der Waals surface area contributed by atoms with Crippen LogP contribution in [0.4, 0.5) is 4.39 Å². The lowest BCUT2D eigenvalue weighted by Crippen LogP contribution is -2.18. The van der Waals surface area contributed by atoms with E-state index in [-0.39, 0.29) is 5.92 Å². The molecule has 0 aliphatic heterocycles. The standard InChI is InChI=1S/C8H11FO/c1-10-6-7-4-2-3-5-8(7)9/h2-5,7-8H,6H2,1H3. The quantitative estimate of drug-likeness (QED) is 0.570. The highest BCUT2D eigenvalue weighted by molar-refractivity contribution is 5.15. The van der Waals surface area contributed by atoms with Gasteiger partial charge in [0.1, 0.15) is 6.17 Å². The number of halogens is 1. The number of rotatable bonds is 2. The maximum Gasteiger partial charge on any atom is 0.127 e. The predicted octanol–water partition coefficient (Wildman–Crippen LogP) is 1.71. The van der Waals surface area contributed by atoms with Crippen LogP contribution in [-0.2, 0) is 4.74 Å². The molecule has 0 N–H and O–H groups in total. The summed E-state index contributed by atoms with van der Waals surface area (Å²) in [5, 5.41) is 0. The lowest BCUT2D eigenvalue weighted by molar-refractivity contribution is 0.138. The van der Waals surface area contributed by atoms with Crippen molar-refractivity contribution in [2.24, 2.45) is 5.92 Å². The van der Waals surface area contributed by atoms with Gasteiger partial charge in [0.05, 0.1) is 6.61 Å². The van der Waals surface area contributed by atoms with E-state index in [0.29, 0.717) is 6.61 Å². The van der Waals surface area contributed by atoms with Gasteiger partial charge in [0, 0.05) is 13.0 Å². The van der Waals surface area contributed by atoms with Gasteiger partial charge in [-0.05, 0) is 0 Å². The van der Waals surface area contributed by atoms with Crippen LogP contribution in [0.3, 0.4) is 0 Å². The highest BCUT2D eigenvalue weighted by atomic mass is 19.1. The van der Waals surface area contributed by atoms with Crippen LogP contribution in [-0.4, -0.2) is 19.9 Å². The zero-order chi connectivity index (χ0) is 7.40. The molecule has 2 heteroatoms. The first-order chi connectivity index (χ1) is 4.84. The molecule has 0 fully saturated rings. The summed E-state index contributed by atoms with van der Waals surface area (Å²) >= 11 is 0. The maximum absolute atomic E-state index is 12.8. The van der Waals surface area contributed by atoms with Crippen LogP contribution in [0.15, 0.2) is 24.3 Å². The van der Waals surface area contributed by atoms with E-state index in [2.05, 4.69) is 0 Å². The smallest absolute Gasteiger partial charge is 0.127 e. The van der Waals surface area contributed by atoms with Crippen LogP contribution < -0.4 is 0 Å². The molecule has 10 heavy (non-hydrogen) atoms. The predicted molar refractivity (Wildman–Crippen MR) is 38.5 cm³/mol. The second-order valence-corrected chi connectivity index (χ2v) is 2.33. The summed E-state index contributed by atoms with van der Waals surface area (Å²) in [6.07, 6.45) is 6.07. The fourth-order valence-corrected chi connectivity index (χ4v) is 0.966. The third kappa shape index (κ3) is 1.67. The first-order valence-electron chi connectivity index (χ1n) is 3.32. The fraction of sp³-hybridized carbons (Fsp3) is 0.500. The number of hydrogen-bond donors (Lipinski definition) is 0. The van der Waals surface area contributed by atoms with E-state index >= 15 is 0 Å². The number of allylic oxidation sites excluding steroid dienone is 3. The Morgan fingerprint density at radius 1 is 1.40 bits per heavy atom. The van der Waals surface area contributed by atoms with Crippen molar-refractivity contribution in [2.45, 2.75) is 6.17 Å². The highest BCUT2D eigenvalue weighted by Crippen LogP contribution is 2.15. The SMILES string of the molecule is COCC1C=CC=CC1F.